The van der Waals surface area contributed by atoms with Gasteiger partial charge in [-0.15, -0.1) is 0 Å². The van der Waals surface area contributed by atoms with Crippen LogP contribution in [0.25, 0.3) is 0 Å². The molecule has 7 nitrogen and oxygen atoms in total. The zero-order chi connectivity index (χ0) is 29.4. The van der Waals surface area contributed by atoms with Gasteiger partial charge in [0.05, 0.1) is 11.9 Å². The topological polar surface area (TPSA) is 86.8 Å². The fourth-order valence-electron chi connectivity index (χ4n) is 5.11. The van der Waals surface area contributed by atoms with E-state index >= 15 is 0 Å². The maximum atomic E-state index is 14.1. The molecule has 0 saturated heterocycles. The van der Waals surface area contributed by atoms with Crippen LogP contribution in [0, 0.1) is 0 Å². The van der Waals surface area contributed by atoms with Gasteiger partial charge in [-0.25, -0.2) is 8.42 Å². The van der Waals surface area contributed by atoms with Crippen LogP contribution in [0.2, 0.25) is 5.02 Å². The van der Waals surface area contributed by atoms with Crippen LogP contribution in [0.1, 0.15) is 43.2 Å². The minimum absolute atomic E-state index is 0.0562. The van der Waals surface area contributed by atoms with Crippen molar-refractivity contribution in [3.63, 3.8) is 0 Å². The average Bonchev–Trinajstić information content (AvgIpc) is 2.95. The Morgan fingerprint density at radius 2 is 1.56 bits per heavy atom. The highest BCUT2D eigenvalue weighted by atomic mass is 79.9. The third-order valence-electron chi connectivity index (χ3n) is 7.28. The van der Waals surface area contributed by atoms with Crippen LogP contribution in [0.3, 0.4) is 0 Å². The molecule has 0 heterocycles. The summed E-state index contributed by atoms with van der Waals surface area (Å²) in [6, 6.07) is 22.6. The minimum Gasteiger partial charge on any atom is -0.352 e. The normalized spacial score (nSPS) is 14.7. The van der Waals surface area contributed by atoms with E-state index in [1.54, 1.807) is 24.3 Å². The molecule has 3 aromatic carbocycles. The number of carbonyl (C=O) groups is 2. The van der Waals surface area contributed by atoms with Gasteiger partial charge in [0.1, 0.15) is 12.6 Å². The Kier molecular flexibility index (Phi) is 10.9. The molecule has 1 N–H and O–H groups in total. The molecule has 0 radical (unpaired) electrons. The number of amides is 2. The predicted molar refractivity (Wildman–Crippen MR) is 167 cm³/mol. The second kappa shape index (κ2) is 14.3. The van der Waals surface area contributed by atoms with Crippen molar-refractivity contribution in [1.82, 2.24) is 10.2 Å². The van der Waals surface area contributed by atoms with Crippen LogP contribution in [-0.4, -0.2) is 50.0 Å². The van der Waals surface area contributed by atoms with Gasteiger partial charge < -0.3 is 10.2 Å². The first kappa shape index (κ1) is 31.1. The largest absolute Gasteiger partial charge is 0.352 e. The van der Waals surface area contributed by atoms with Crippen molar-refractivity contribution in [2.45, 2.75) is 57.2 Å². The molecule has 0 bridgehead atoms. The number of nitrogens with one attached hydrogen (secondary N) is 1. The summed E-state index contributed by atoms with van der Waals surface area (Å²) >= 11 is 9.48. The zero-order valence-corrected chi connectivity index (χ0v) is 26.2. The third-order valence-corrected chi connectivity index (χ3v) is 9.20. The Bertz CT molecular complexity index is 1410. The van der Waals surface area contributed by atoms with Gasteiger partial charge in [-0.2, -0.15) is 0 Å². The molecule has 1 saturated carbocycles. The van der Waals surface area contributed by atoms with Crippen LogP contribution >= 0.6 is 27.5 Å². The number of rotatable bonds is 11. The number of hydrogen-bond acceptors (Lipinski definition) is 4. The van der Waals surface area contributed by atoms with Gasteiger partial charge in [0.2, 0.25) is 21.8 Å². The molecule has 218 valence electrons. The fourth-order valence-corrected chi connectivity index (χ4v) is 6.35. The molecule has 0 spiro atoms. The van der Waals surface area contributed by atoms with E-state index < -0.39 is 28.5 Å². The molecule has 1 unspecified atom stereocenters. The molecule has 1 fully saturated rings. The van der Waals surface area contributed by atoms with E-state index in [1.165, 1.54) is 4.90 Å². The third kappa shape index (κ3) is 9.05. The summed E-state index contributed by atoms with van der Waals surface area (Å²) in [6.07, 6.45) is 6.43. The molecule has 1 aliphatic carbocycles. The minimum atomic E-state index is -3.83. The molecular formula is C31H35BrClN3O4S. The van der Waals surface area contributed by atoms with Crippen LogP contribution in [0.4, 0.5) is 5.69 Å². The van der Waals surface area contributed by atoms with E-state index in [2.05, 4.69) is 21.2 Å². The summed E-state index contributed by atoms with van der Waals surface area (Å²) in [5.41, 5.74) is 2.05. The summed E-state index contributed by atoms with van der Waals surface area (Å²) in [4.78, 5) is 29.6. The number of nitrogens with zero attached hydrogens (tertiary/aromatic N) is 2. The van der Waals surface area contributed by atoms with Gasteiger partial charge in [-0.3, -0.25) is 13.9 Å². The first-order valence-electron chi connectivity index (χ1n) is 13.7. The second-order valence-corrected chi connectivity index (χ2v) is 13.7. The Morgan fingerprint density at radius 3 is 2.17 bits per heavy atom. The highest BCUT2D eigenvalue weighted by molar-refractivity contribution is 9.10. The molecular weight excluding hydrogens is 626 g/mol. The quantitative estimate of drug-likeness (QED) is 0.275. The summed E-state index contributed by atoms with van der Waals surface area (Å²) in [6.45, 7) is -0.321. The number of halogens is 2. The number of sulfonamides is 1. The summed E-state index contributed by atoms with van der Waals surface area (Å²) in [5.74, 6) is -0.711. The Balaban J connectivity index is 1.71. The number of carbonyl (C=O) groups excluding carboxylic acids is 2. The lowest BCUT2D eigenvalue weighted by Crippen LogP contribution is -2.55. The Hall–Kier alpha value is -2.88. The molecule has 2 amide bonds. The summed E-state index contributed by atoms with van der Waals surface area (Å²) < 4.78 is 27.7. The van der Waals surface area contributed by atoms with Gasteiger partial charge in [0.25, 0.3) is 0 Å². The smallest absolute Gasteiger partial charge is 0.244 e. The van der Waals surface area contributed by atoms with E-state index in [4.69, 9.17) is 11.6 Å². The van der Waals surface area contributed by atoms with Crippen LogP contribution in [-0.2, 0) is 32.6 Å². The van der Waals surface area contributed by atoms with E-state index in [9.17, 15) is 18.0 Å². The molecule has 10 heteroatoms. The number of hydrogen-bond donors (Lipinski definition) is 1. The van der Waals surface area contributed by atoms with Crippen molar-refractivity contribution in [3.05, 3.63) is 99.5 Å². The van der Waals surface area contributed by atoms with Gasteiger partial charge in [-0.1, -0.05) is 89.3 Å². The van der Waals surface area contributed by atoms with Crippen molar-refractivity contribution < 1.29 is 18.0 Å². The lowest BCUT2D eigenvalue weighted by Gasteiger charge is -2.35. The van der Waals surface area contributed by atoms with Crippen molar-refractivity contribution >= 4 is 55.1 Å². The second-order valence-electron chi connectivity index (χ2n) is 10.4. The highest BCUT2D eigenvalue weighted by Gasteiger charge is 2.34. The number of anilines is 1. The monoisotopic (exact) mass is 659 g/mol. The van der Waals surface area contributed by atoms with Gasteiger partial charge in [0, 0.05) is 28.5 Å². The molecule has 1 atom stereocenters. The van der Waals surface area contributed by atoms with Crippen LogP contribution in [0.15, 0.2) is 83.3 Å². The Labute approximate surface area is 256 Å². The van der Waals surface area contributed by atoms with Gasteiger partial charge in [0.15, 0.2) is 0 Å². The lowest BCUT2D eigenvalue weighted by atomic mass is 9.94. The maximum absolute atomic E-state index is 14.1. The standard InChI is InChI=1S/C31H35BrClN3O4S/c1-41(39,40)36(28-18-16-26(33)17-19-28)22-30(37)35(21-24-12-14-25(32)15-13-24)29(20-23-8-4-2-5-9-23)31(38)34-27-10-6-3-7-11-27/h2,4-5,8-9,12-19,27,29H,3,6-7,10-11,20-22H2,1H3,(H,34,38). The average molecular weight is 661 g/mol. The highest BCUT2D eigenvalue weighted by Crippen LogP contribution is 2.23. The number of benzene rings is 3. The van der Waals surface area contributed by atoms with Crippen molar-refractivity contribution in [2.75, 3.05) is 17.1 Å². The zero-order valence-electron chi connectivity index (χ0n) is 23.0. The van der Waals surface area contributed by atoms with E-state index in [0.29, 0.717) is 17.1 Å². The molecule has 4 rings (SSSR count). The van der Waals surface area contributed by atoms with Gasteiger partial charge >= 0.3 is 0 Å². The van der Waals surface area contributed by atoms with E-state index in [-0.39, 0.29) is 18.5 Å². The van der Waals surface area contributed by atoms with E-state index in [0.717, 1.165) is 58.3 Å². The molecule has 1 aliphatic rings. The first-order chi connectivity index (χ1) is 19.6. The first-order valence-corrected chi connectivity index (χ1v) is 16.7. The molecule has 0 aromatic heterocycles. The molecule has 41 heavy (non-hydrogen) atoms. The SMILES string of the molecule is CS(=O)(=O)N(CC(=O)N(Cc1ccc(Br)cc1)C(Cc1ccccc1)C(=O)NC1CCCCC1)c1ccc(Cl)cc1. The summed E-state index contributed by atoms with van der Waals surface area (Å²) in [5, 5.41) is 3.66. The fraction of sp³-hybridized carbons (Fsp3) is 0.355. The van der Waals surface area contributed by atoms with Crippen LogP contribution < -0.4 is 9.62 Å². The van der Waals surface area contributed by atoms with Gasteiger partial charge in [-0.05, 0) is 60.4 Å². The Morgan fingerprint density at radius 1 is 0.927 bits per heavy atom. The molecule has 0 aliphatic heterocycles. The lowest BCUT2D eigenvalue weighted by molar-refractivity contribution is -0.140. The summed E-state index contributed by atoms with van der Waals surface area (Å²) in [7, 11) is -3.83. The van der Waals surface area contributed by atoms with E-state index in [1.807, 2.05) is 54.6 Å². The maximum Gasteiger partial charge on any atom is 0.244 e. The molecule has 3 aromatic rings. The van der Waals surface area contributed by atoms with Crippen LogP contribution in [0.5, 0.6) is 0 Å². The van der Waals surface area contributed by atoms with Crippen molar-refractivity contribution in [2.24, 2.45) is 0 Å². The van der Waals surface area contributed by atoms with Crippen molar-refractivity contribution in [1.29, 1.82) is 0 Å². The predicted octanol–water partition coefficient (Wildman–Crippen LogP) is 5.96. The van der Waals surface area contributed by atoms with Crippen molar-refractivity contribution in [3.8, 4) is 0 Å².